The molecule has 1 heterocycles. The highest BCUT2D eigenvalue weighted by molar-refractivity contribution is 5.77. The van der Waals surface area contributed by atoms with E-state index in [0.717, 1.165) is 18.7 Å². The van der Waals surface area contributed by atoms with E-state index >= 15 is 0 Å². The van der Waals surface area contributed by atoms with Gasteiger partial charge in [-0.15, -0.1) is 0 Å². The molecule has 0 aromatic carbocycles. The van der Waals surface area contributed by atoms with Crippen molar-refractivity contribution in [1.82, 2.24) is 15.5 Å². The number of aromatic amines is 1. The monoisotopic (exact) mass is 181 g/mol. The van der Waals surface area contributed by atoms with Crippen LogP contribution in [-0.2, 0) is 6.54 Å². The second-order valence-corrected chi connectivity index (χ2v) is 2.71. The van der Waals surface area contributed by atoms with Crippen LogP contribution in [0.1, 0.15) is 19.0 Å². The van der Waals surface area contributed by atoms with Crippen LogP contribution in [0.5, 0.6) is 0 Å². The molecule has 13 heavy (non-hydrogen) atoms. The maximum atomic E-state index is 5.58. The summed E-state index contributed by atoms with van der Waals surface area (Å²) in [5.74, 6) is 0.483. The van der Waals surface area contributed by atoms with Crippen LogP contribution in [0.4, 0.5) is 0 Å². The molecule has 0 atom stereocenters. The lowest BCUT2D eigenvalue weighted by Gasteiger charge is -2.01. The number of hydrogen-bond acceptors (Lipinski definition) is 2. The molecule has 0 amide bonds. The molecule has 0 aliphatic heterocycles. The summed E-state index contributed by atoms with van der Waals surface area (Å²) >= 11 is 0. The van der Waals surface area contributed by atoms with E-state index < -0.39 is 0 Å². The summed E-state index contributed by atoms with van der Waals surface area (Å²) in [5.41, 5.74) is 6.54. The molecule has 72 valence electrons. The highest BCUT2D eigenvalue weighted by atomic mass is 15.1. The third-order valence-electron chi connectivity index (χ3n) is 1.53. The normalized spacial score (nSPS) is 11.6. The lowest BCUT2D eigenvalue weighted by molar-refractivity contribution is 0.822. The van der Waals surface area contributed by atoms with Crippen molar-refractivity contribution in [3.05, 3.63) is 18.0 Å². The maximum Gasteiger partial charge on any atom is 0.188 e. The molecule has 0 fully saturated rings. The molecule has 5 heteroatoms. The predicted molar refractivity (Wildman–Crippen MR) is 52.2 cm³/mol. The Morgan fingerprint density at radius 2 is 2.62 bits per heavy atom. The average molecular weight is 181 g/mol. The number of nitrogens with two attached hydrogens (primary N) is 1. The lowest BCUT2D eigenvalue weighted by Crippen LogP contribution is -2.32. The van der Waals surface area contributed by atoms with Crippen LogP contribution in [0.3, 0.4) is 0 Å². The molecule has 1 rings (SSSR count). The Balaban J connectivity index is 2.30. The predicted octanol–water partition coefficient (Wildman–Crippen LogP) is 0.224. The highest BCUT2D eigenvalue weighted by Gasteiger charge is 1.92. The van der Waals surface area contributed by atoms with Crippen LogP contribution in [0.15, 0.2) is 17.3 Å². The fourth-order valence-corrected chi connectivity index (χ4v) is 0.852. The number of aliphatic imine (C=N–C) groups is 1. The van der Waals surface area contributed by atoms with Gasteiger partial charge in [-0.2, -0.15) is 5.10 Å². The number of H-pyrrole nitrogens is 1. The Labute approximate surface area is 77.4 Å². The molecule has 0 spiro atoms. The first-order valence-electron chi connectivity index (χ1n) is 4.35. The Hall–Kier alpha value is -1.52. The first-order chi connectivity index (χ1) is 6.33. The van der Waals surface area contributed by atoms with Gasteiger partial charge in [0.1, 0.15) is 0 Å². The fourth-order valence-electron chi connectivity index (χ4n) is 0.852. The van der Waals surface area contributed by atoms with E-state index in [0.29, 0.717) is 12.5 Å². The quantitative estimate of drug-likeness (QED) is 0.459. The van der Waals surface area contributed by atoms with Crippen molar-refractivity contribution in [3.63, 3.8) is 0 Å². The van der Waals surface area contributed by atoms with E-state index in [2.05, 4.69) is 27.4 Å². The van der Waals surface area contributed by atoms with Gasteiger partial charge in [-0.1, -0.05) is 6.92 Å². The van der Waals surface area contributed by atoms with E-state index in [1.807, 2.05) is 6.07 Å². The Morgan fingerprint density at radius 1 is 1.77 bits per heavy atom. The van der Waals surface area contributed by atoms with Crippen molar-refractivity contribution >= 4 is 5.96 Å². The number of nitrogens with zero attached hydrogens (tertiary/aromatic N) is 2. The topological polar surface area (TPSA) is 79.1 Å². The van der Waals surface area contributed by atoms with E-state index in [1.165, 1.54) is 0 Å². The number of aromatic nitrogens is 2. The number of hydrogen-bond donors (Lipinski definition) is 3. The molecule has 5 nitrogen and oxygen atoms in total. The summed E-state index contributed by atoms with van der Waals surface area (Å²) in [5, 5.41) is 9.60. The van der Waals surface area contributed by atoms with Gasteiger partial charge in [0, 0.05) is 12.7 Å². The Morgan fingerprint density at radius 3 is 3.23 bits per heavy atom. The van der Waals surface area contributed by atoms with Gasteiger partial charge in [-0.25, -0.2) is 4.99 Å². The van der Waals surface area contributed by atoms with Crippen molar-refractivity contribution < 1.29 is 0 Å². The maximum absolute atomic E-state index is 5.58. The average Bonchev–Trinajstić information content (AvgIpc) is 2.64. The molecular weight excluding hydrogens is 166 g/mol. The van der Waals surface area contributed by atoms with Crippen LogP contribution in [0, 0.1) is 0 Å². The molecule has 0 unspecified atom stereocenters. The van der Waals surface area contributed by atoms with Gasteiger partial charge in [0.05, 0.1) is 12.2 Å². The van der Waals surface area contributed by atoms with Crippen molar-refractivity contribution in [1.29, 1.82) is 0 Å². The van der Waals surface area contributed by atoms with E-state index in [9.17, 15) is 0 Å². The van der Waals surface area contributed by atoms with Gasteiger partial charge in [0.2, 0.25) is 0 Å². The van der Waals surface area contributed by atoms with Crippen LogP contribution in [-0.4, -0.2) is 22.7 Å². The first-order valence-corrected chi connectivity index (χ1v) is 4.35. The highest BCUT2D eigenvalue weighted by Crippen LogP contribution is 1.92. The van der Waals surface area contributed by atoms with Crippen LogP contribution in [0.2, 0.25) is 0 Å². The third kappa shape index (κ3) is 3.59. The molecule has 0 saturated carbocycles. The minimum Gasteiger partial charge on any atom is -0.370 e. The summed E-state index contributed by atoms with van der Waals surface area (Å²) in [6, 6.07) is 1.87. The summed E-state index contributed by atoms with van der Waals surface area (Å²) in [6.07, 6.45) is 2.74. The van der Waals surface area contributed by atoms with Crippen molar-refractivity contribution in [2.45, 2.75) is 19.9 Å². The summed E-state index contributed by atoms with van der Waals surface area (Å²) < 4.78 is 0. The van der Waals surface area contributed by atoms with Gasteiger partial charge < -0.3 is 11.1 Å². The molecule has 0 aliphatic rings. The zero-order valence-corrected chi connectivity index (χ0v) is 7.75. The first kappa shape index (κ1) is 9.57. The summed E-state index contributed by atoms with van der Waals surface area (Å²) in [7, 11) is 0. The summed E-state index contributed by atoms with van der Waals surface area (Å²) in [6.45, 7) is 3.48. The molecule has 1 aromatic rings. The SMILES string of the molecule is CCCNC(N)=NCc1ccn[nH]1. The molecule has 0 aliphatic carbocycles. The van der Waals surface area contributed by atoms with E-state index in [4.69, 9.17) is 5.73 Å². The fraction of sp³-hybridized carbons (Fsp3) is 0.500. The van der Waals surface area contributed by atoms with Gasteiger partial charge >= 0.3 is 0 Å². The van der Waals surface area contributed by atoms with Gasteiger partial charge in [0.15, 0.2) is 5.96 Å². The zero-order valence-electron chi connectivity index (χ0n) is 7.75. The minimum atomic E-state index is 0.483. The van der Waals surface area contributed by atoms with Crippen LogP contribution < -0.4 is 11.1 Å². The van der Waals surface area contributed by atoms with Crippen molar-refractivity contribution in [2.24, 2.45) is 10.7 Å². The third-order valence-corrected chi connectivity index (χ3v) is 1.53. The molecular formula is C8H15N5. The molecule has 0 bridgehead atoms. The van der Waals surface area contributed by atoms with Crippen molar-refractivity contribution in [3.8, 4) is 0 Å². The molecule has 1 aromatic heterocycles. The van der Waals surface area contributed by atoms with E-state index in [-0.39, 0.29) is 0 Å². The largest absolute Gasteiger partial charge is 0.370 e. The zero-order chi connectivity index (χ0) is 9.52. The second kappa shape index (κ2) is 5.18. The van der Waals surface area contributed by atoms with Crippen LogP contribution >= 0.6 is 0 Å². The smallest absolute Gasteiger partial charge is 0.188 e. The Bertz CT molecular complexity index is 252. The number of rotatable bonds is 4. The van der Waals surface area contributed by atoms with Gasteiger partial charge in [-0.05, 0) is 12.5 Å². The minimum absolute atomic E-state index is 0.483. The lowest BCUT2D eigenvalue weighted by atomic mass is 10.4. The van der Waals surface area contributed by atoms with Gasteiger partial charge in [0.25, 0.3) is 0 Å². The van der Waals surface area contributed by atoms with Crippen LogP contribution in [0.25, 0.3) is 0 Å². The standard InChI is InChI=1S/C8H15N5/c1-2-4-10-8(9)11-6-7-3-5-12-13-7/h3,5H,2,4,6H2,1H3,(H,12,13)(H3,9,10,11). The Kier molecular flexibility index (Phi) is 3.81. The molecule has 4 N–H and O–H groups in total. The molecule has 0 radical (unpaired) electrons. The number of guanidine groups is 1. The summed E-state index contributed by atoms with van der Waals surface area (Å²) in [4.78, 5) is 4.12. The second-order valence-electron chi connectivity index (χ2n) is 2.71. The van der Waals surface area contributed by atoms with Gasteiger partial charge in [-0.3, -0.25) is 5.10 Å². The number of nitrogens with one attached hydrogen (secondary N) is 2. The van der Waals surface area contributed by atoms with E-state index in [1.54, 1.807) is 6.20 Å². The van der Waals surface area contributed by atoms with Crippen molar-refractivity contribution in [2.75, 3.05) is 6.54 Å². The molecule has 0 saturated heterocycles.